The Morgan fingerprint density at radius 2 is 2.00 bits per heavy atom. The van der Waals surface area contributed by atoms with Crippen molar-refractivity contribution in [2.75, 3.05) is 11.9 Å². The largest absolute Gasteiger partial charge is 0.370 e. The quantitative estimate of drug-likeness (QED) is 0.862. The van der Waals surface area contributed by atoms with Crippen molar-refractivity contribution in [3.63, 3.8) is 0 Å². The van der Waals surface area contributed by atoms with Gasteiger partial charge in [0.1, 0.15) is 16.2 Å². The average Bonchev–Trinajstić information content (AvgIpc) is 2.11. The zero-order valence-corrected chi connectivity index (χ0v) is 12.2. The third-order valence-corrected chi connectivity index (χ3v) is 3.28. The fraction of sp³-hybridized carbons (Fsp3) is 0.667. The van der Waals surface area contributed by atoms with E-state index in [0.29, 0.717) is 11.3 Å². The molecule has 1 aromatic heterocycles. The fourth-order valence-electron chi connectivity index (χ4n) is 1.19. The highest BCUT2D eigenvalue weighted by molar-refractivity contribution is 9.10. The van der Waals surface area contributed by atoms with E-state index in [1.807, 2.05) is 13.0 Å². The summed E-state index contributed by atoms with van der Waals surface area (Å²) in [4.78, 5) is 8.51. The first-order valence-electron chi connectivity index (χ1n) is 5.54. The number of hydrogen-bond acceptors (Lipinski definition) is 3. The van der Waals surface area contributed by atoms with E-state index in [4.69, 9.17) is 0 Å². The van der Waals surface area contributed by atoms with Crippen LogP contribution in [0.25, 0.3) is 0 Å². The highest BCUT2D eigenvalue weighted by Crippen LogP contribution is 2.25. The highest BCUT2D eigenvalue weighted by atomic mass is 79.9. The van der Waals surface area contributed by atoms with Crippen LogP contribution in [-0.2, 0) is 0 Å². The normalized spacial score (nSPS) is 13.6. The van der Waals surface area contributed by atoms with Gasteiger partial charge in [0.2, 0.25) is 0 Å². The third kappa shape index (κ3) is 4.08. The second-order valence-electron chi connectivity index (χ2n) is 5.27. The van der Waals surface area contributed by atoms with Crippen LogP contribution in [0.15, 0.2) is 10.7 Å². The van der Waals surface area contributed by atoms with Crippen molar-refractivity contribution in [3.05, 3.63) is 16.5 Å². The van der Waals surface area contributed by atoms with E-state index in [0.717, 1.165) is 22.8 Å². The molecule has 3 nitrogen and oxygen atoms in total. The molecule has 1 atom stereocenters. The second kappa shape index (κ2) is 5.13. The van der Waals surface area contributed by atoms with Crippen molar-refractivity contribution >= 4 is 21.7 Å². The average molecular weight is 286 g/mol. The lowest BCUT2D eigenvalue weighted by Crippen LogP contribution is -2.25. The summed E-state index contributed by atoms with van der Waals surface area (Å²) in [5.41, 5.74) is 0.312. The lowest BCUT2D eigenvalue weighted by atomic mass is 9.82. The molecule has 1 aromatic rings. The monoisotopic (exact) mass is 285 g/mol. The summed E-state index contributed by atoms with van der Waals surface area (Å²) >= 11 is 3.37. The number of anilines is 1. The molecule has 0 radical (unpaired) electrons. The maximum Gasteiger partial charge on any atom is 0.130 e. The Labute approximate surface area is 106 Å². The Morgan fingerprint density at radius 1 is 1.38 bits per heavy atom. The lowest BCUT2D eigenvalue weighted by Gasteiger charge is -2.27. The number of nitrogens with one attached hydrogen (secondary N) is 1. The van der Waals surface area contributed by atoms with Gasteiger partial charge in [0, 0.05) is 12.6 Å². The smallest absolute Gasteiger partial charge is 0.130 e. The van der Waals surface area contributed by atoms with Crippen LogP contribution in [-0.4, -0.2) is 16.5 Å². The minimum Gasteiger partial charge on any atom is -0.370 e. The molecule has 0 saturated carbocycles. The molecule has 90 valence electrons. The molecule has 1 N–H and O–H groups in total. The van der Waals surface area contributed by atoms with E-state index in [2.05, 4.69) is 58.9 Å². The zero-order valence-electron chi connectivity index (χ0n) is 10.6. The topological polar surface area (TPSA) is 37.8 Å². The summed E-state index contributed by atoms with van der Waals surface area (Å²) in [6, 6.07) is 1.91. The molecule has 1 unspecified atom stereocenters. The molecule has 1 rings (SSSR count). The first-order chi connectivity index (χ1) is 7.29. The van der Waals surface area contributed by atoms with Gasteiger partial charge in [-0.25, -0.2) is 9.97 Å². The van der Waals surface area contributed by atoms with Crippen LogP contribution in [0.4, 0.5) is 5.82 Å². The van der Waals surface area contributed by atoms with E-state index in [1.165, 1.54) is 0 Å². The molecule has 0 amide bonds. The predicted molar refractivity (Wildman–Crippen MR) is 71.6 cm³/mol. The van der Waals surface area contributed by atoms with Crippen molar-refractivity contribution in [2.45, 2.75) is 34.6 Å². The van der Waals surface area contributed by atoms with Crippen molar-refractivity contribution in [3.8, 4) is 0 Å². The minimum atomic E-state index is 0.312. The molecule has 0 aliphatic heterocycles. The minimum absolute atomic E-state index is 0.312. The Morgan fingerprint density at radius 3 is 2.50 bits per heavy atom. The Balaban J connectivity index is 2.61. The molecule has 1 heterocycles. The Bertz CT molecular complexity index is 338. The van der Waals surface area contributed by atoms with E-state index in [9.17, 15) is 0 Å². The second-order valence-corrected chi connectivity index (χ2v) is 6.08. The molecular formula is C12H20BrN3. The van der Waals surface area contributed by atoms with Gasteiger partial charge in [-0.1, -0.05) is 27.7 Å². The molecule has 0 spiro atoms. The van der Waals surface area contributed by atoms with Crippen LogP contribution in [0.1, 0.15) is 33.5 Å². The first kappa shape index (κ1) is 13.4. The summed E-state index contributed by atoms with van der Waals surface area (Å²) in [5, 5.41) is 3.35. The van der Waals surface area contributed by atoms with Crippen LogP contribution in [0.2, 0.25) is 0 Å². The first-order valence-corrected chi connectivity index (χ1v) is 6.33. The molecule has 0 saturated heterocycles. The lowest BCUT2D eigenvalue weighted by molar-refractivity contribution is 0.274. The van der Waals surface area contributed by atoms with Crippen LogP contribution in [0.3, 0.4) is 0 Å². The molecule has 0 aromatic carbocycles. The van der Waals surface area contributed by atoms with Gasteiger partial charge in [-0.2, -0.15) is 0 Å². The molecule has 4 heteroatoms. The zero-order chi connectivity index (χ0) is 12.3. The maximum absolute atomic E-state index is 4.34. The van der Waals surface area contributed by atoms with Crippen molar-refractivity contribution in [1.82, 2.24) is 9.97 Å². The van der Waals surface area contributed by atoms with Crippen LogP contribution in [0, 0.1) is 18.3 Å². The van der Waals surface area contributed by atoms with Crippen LogP contribution in [0.5, 0.6) is 0 Å². The van der Waals surface area contributed by atoms with E-state index in [-0.39, 0.29) is 0 Å². The van der Waals surface area contributed by atoms with Gasteiger partial charge in [0.15, 0.2) is 0 Å². The highest BCUT2D eigenvalue weighted by Gasteiger charge is 2.19. The molecule has 0 fully saturated rings. The van der Waals surface area contributed by atoms with Gasteiger partial charge in [-0.05, 0) is 34.2 Å². The van der Waals surface area contributed by atoms with Crippen molar-refractivity contribution in [2.24, 2.45) is 11.3 Å². The summed E-state index contributed by atoms with van der Waals surface area (Å²) in [6.45, 7) is 11.8. The van der Waals surface area contributed by atoms with Gasteiger partial charge >= 0.3 is 0 Å². The SMILES string of the molecule is Cc1nc(Br)cc(NCC(C)C(C)(C)C)n1. The summed E-state index contributed by atoms with van der Waals surface area (Å²) in [6.07, 6.45) is 0. The molecular weight excluding hydrogens is 266 g/mol. The summed E-state index contributed by atoms with van der Waals surface area (Å²) in [5.74, 6) is 2.25. The predicted octanol–water partition coefficient (Wildman–Crippen LogP) is 3.64. The number of aromatic nitrogens is 2. The van der Waals surface area contributed by atoms with Gasteiger partial charge in [0.05, 0.1) is 0 Å². The fourth-order valence-corrected chi connectivity index (χ4v) is 1.66. The molecule has 16 heavy (non-hydrogen) atoms. The number of nitrogens with zero attached hydrogens (tertiary/aromatic N) is 2. The maximum atomic E-state index is 4.34. The van der Waals surface area contributed by atoms with E-state index >= 15 is 0 Å². The van der Waals surface area contributed by atoms with Gasteiger partial charge < -0.3 is 5.32 Å². The summed E-state index contributed by atoms with van der Waals surface area (Å²) < 4.78 is 0.825. The van der Waals surface area contributed by atoms with Crippen molar-refractivity contribution < 1.29 is 0 Å². The molecule has 0 aliphatic rings. The van der Waals surface area contributed by atoms with Crippen molar-refractivity contribution in [1.29, 1.82) is 0 Å². The van der Waals surface area contributed by atoms with Gasteiger partial charge in [-0.3, -0.25) is 0 Å². The Hall–Kier alpha value is -0.640. The standard InChI is InChI=1S/C12H20BrN3/c1-8(12(3,4)5)7-14-11-6-10(13)15-9(2)16-11/h6,8H,7H2,1-5H3,(H,14,15,16). The van der Waals surface area contributed by atoms with Crippen LogP contribution < -0.4 is 5.32 Å². The summed E-state index contributed by atoms with van der Waals surface area (Å²) in [7, 11) is 0. The number of hydrogen-bond donors (Lipinski definition) is 1. The van der Waals surface area contributed by atoms with Gasteiger partial charge in [-0.15, -0.1) is 0 Å². The third-order valence-electron chi connectivity index (χ3n) is 2.87. The number of rotatable bonds is 3. The number of halogens is 1. The Kier molecular flexibility index (Phi) is 4.30. The number of aryl methyl sites for hydroxylation is 1. The van der Waals surface area contributed by atoms with Gasteiger partial charge in [0.25, 0.3) is 0 Å². The van der Waals surface area contributed by atoms with Crippen LogP contribution >= 0.6 is 15.9 Å². The molecule has 0 aliphatic carbocycles. The van der Waals surface area contributed by atoms with E-state index < -0.39 is 0 Å². The van der Waals surface area contributed by atoms with E-state index in [1.54, 1.807) is 0 Å². The molecule has 0 bridgehead atoms.